The van der Waals surface area contributed by atoms with E-state index in [4.69, 9.17) is 0 Å². The molecule has 6 heteroatoms. The van der Waals surface area contributed by atoms with Crippen molar-refractivity contribution in [2.75, 3.05) is 26.2 Å². The third-order valence-electron chi connectivity index (χ3n) is 4.83. The van der Waals surface area contributed by atoms with E-state index in [2.05, 4.69) is 19.9 Å². The molecule has 1 aromatic carbocycles. The topological polar surface area (TPSA) is 68.0 Å². The molecule has 0 radical (unpaired) electrons. The highest BCUT2D eigenvalue weighted by Gasteiger charge is 2.24. The van der Waals surface area contributed by atoms with Crippen molar-refractivity contribution in [2.45, 2.75) is 20.4 Å². The number of amides is 1. The number of carbonyl (C=O) groups is 1. The van der Waals surface area contributed by atoms with Crippen molar-refractivity contribution in [3.63, 3.8) is 0 Å². The van der Waals surface area contributed by atoms with Gasteiger partial charge in [0.05, 0.1) is 17.6 Å². The molecule has 3 aromatic rings. The fraction of sp³-hybridized carbons (Fsp3) is 0.368. The number of carbonyl (C=O) groups excluding carboxylic acids is 1. The van der Waals surface area contributed by atoms with Crippen molar-refractivity contribution in [1.29, 1.82) is 0 Å². The van der Waals surface area contributed by atoms with Gasteiger partial charge < -0.3 is 14.9 Å². The molecular weight excluding hydrogens is 314 g/mol. The predicted molar refractivity (Wildman–Crippen MR) is 97.5 cm³/mol. The Morgan fingerprint density at radius 2 is 1.88 bits per heavy atom. The summed E-state index contributed by atoms with van der Waals surface area (Å²) in [5.74, 6) is 1.09. The van der Waals surface area contributed by atoms with Crippen molar-refractivity contribution in [2.24, 2.45) is 0 Å². The van der Waals surface area contributed by atoms with E-state index >= 15 is 0 Å². The maximum absolute atomic E-state index is 12.7. The van der Waals surface area contributed by atoms with Crippen LogP contribution in [0.2, 0.25) is 0 Å². The molecule has 3 heterocycles. The molecule has 0 aliphatic carbocycles. The lowest BCUT2D eigenvalue weighted by Gasteiger charge is -2.34. The fourth-order valence-electron chi connectivity index (χ4n) is 3.51. The van der Waals surface area contributed by atoms with Gasteiger partial charge in [-0.15, -0.1) is 0 Å². The molecule has 1 saturated heterocycles. The number of aromatic nitrogens is 3. The first-order chi connectivity index (χ1) is 12.1. The number of hydrogen-bond donors (Lipinski definition) is 2. The minimum atomic E-state index is 0.106. The highest BCUT2D eigenvalue weighted by molar-refractivity contribution is 5.94. The monoisotopic (exact) mass is 337 g/mol. The Labute approximate surface area is 146 Å². The van der Waals surface area contributed by atoms with Crippen LogP contribution < -0.4 is 0 Å². The molecule has 2 N–H and O–H groups in total. The molecule has 1 aliphatic rings. The standard InChI is InChI=1S/C19H23N5O/c1-13-11-14(2)20-18(13)19(25)24-9-7-23(8-10-24)12-17-21-15-5-3-4-6-16(15)22-17/h3-6,11,20H,7-10,12H2,1-2H3,(H,21,22). The van der Waals surface area contributed by atoms with Crippen LogP contribution in [0.5, 0.6) is 0 Å². The predicted octanol–water partition coefficient (Wildman–Crippen LogP) is 2.47. The highest BCUT2D eigenvalue weighted by Crippen LogP contribution is 2.16. The molecule has 0 spiro atoms. The number of aryl methyl sites for hydroxylation is 2. The number of para-hydroxylation sites is 2. The normalized spacial score (nSPS) is 15.8. The quantitative estimate of drug-likeness (QED) is 0.771. The first kappa shape index (κ1) is 15.9. The second kappa shape index (κ2) is 6.37. The summed E-state index contributed by atoms with van der Waals surface area (Å²) < 4.78 is 0. The molecule has 2 aromatic heterocycles. The Morgan fingerprint density at radius 3 is 2.56 bits per heavy atom. The highest BCUT2D eigenvalue weighted by atomic mass is 16.2. The summed E-state index contributed by atoms with van der Waals surface area (Å²) in [6, 6.07) is 10.1. The molecule has 1 amide bonds. The largest absolute Gasteiger partial charge is 0.354 e. The molecule has 1 aliphatic heterocycles. The van der Waals surface area contributed by atoms with Crippen LogP contribution in [0.3, 0.4) is 0 Å². The Balaban J connectivity index is 1.38. The zero-order valence-corrected chi connectivity index (χ0v) is 14.7. The maximum atomic E-state index is 12.7. The maximum Gasteiger partial charge on any atom is 0.270 e. The minimum Gasteiger partial charge on any atom is -0.354 e. The van der Waals surface area contributed by atoms with Crippen LogP contribution in [0.25, 0.3) is 11.0 Å². The summed E-state index contributed by atoms with van der Waals surface area (Å²) >= 11 is 0. The van der Waals surface area contributed by atoms with E-state index in [1.165, 1.54) is 0 Å². The number of imidazole rings is 1. The van der Waals surface area contributed by atoms with Gasteiger partial charge in [0.25, 0.3) is 5.91 Å². The summed E-state index contributed by atoms with van der Waals surface area (Å²) in [6.07, 6.45) is 0. The Morgan fingerprint density at radius 1 is 1.12 bits per heavy atom. The van der Waals surface area contributed by atoms with E-state index in [1.54, 1.807) is 0 Å². The van der Waals surface area contributed by atoms with Gasteiger partial charge in [-0.2, -0.15) is 0 Å². The summed E-state index contributed by atoms with van der Waals surface area (Å²) in [6.45, 7) is 7.97. The number of nitrogens with zero attached hydrogens (tertiary/aromatic N) is 3. The van der Waals surface area contributed by atoms with Gasteiger partial charge in [-0.25, -0.2) is 4.98 Å². The Bertz CT molecular complexity index is 869. The number of piperazine rings is 1. The van der Waals surface area contributed by atoms with E-state index in [9.17, 15) is 4.79 Å². The number of aromatic amines is 2. The van der Waals surface area contributed by atoms with Gasteiger partial charge in [-0.05, 0) is 37.6 Å². The molecule has 25 heavy (non-hydrogen) atoms. The summed E-state index contributed by atoms with van der Waals surface area (Å²) in [7, 11) is 0. The molecule has 130 valence electrons. The minimum absolute atomic E-state index is 0.106. The lowest BCUT2D eigenvalue weighted by Crippen LogP contribution is -2.48. The van der Waals surface area contributed by atoms with Crippen LogP contribution in [-0.2, 0) is 6.54 Å². The molecule has 4 rings (SSSR count). The van der Waals surface area contributed by atoms with E-state index in [1.807, 2.05) is 49.1 Å². The van der Waals surface area contributed by atoms with Crippen molar-refractivity contribution in [3.8, 4) is 0 Å². The average Bonchev–Trinajstić information content (AvgIpc) is 3.16. The van der Waals surface area contributed by atoms with Crippen molar-refractivity contribution in [3.05, 3.63) is 53.1 Å². The fourth-order valence-corrected chi connectivity index (χ4v) is 3.51. The average molecular weight is 337 g/mol. The van der Waals surface area contributed by atoms with Gasteiger partial charge in [0.15, 0.2) is 0 Å². The zero-order chi connectivity index (χ0) is 17.4. The van der Waals surface area contributed by atoms with E-state index in [0.717, 1.165) is 66.5 Å². The van der Waals surface area contributed by atoms with Crippen molar-refractivity contribution >= 4 is 16.9 Å². The van der Waals surface area contributed by atoms with Gasteiger partial charge in [-0.3, -0.25) is 9.69 Å². The van der Waals surface area contributed by atoms with Crippen LogP contribution in [-0.4, -0.2) is 56.8 Å². The summed E-state index contributed by atoms with van der Waals surface area (Å²) in [5, 5.41) is 0. The summed E-state index contributed by atoms with van der Waals surface area (Å²) in [4.78, 5) is 28.2. The first-order valence-corrected chi connectivity index (χ1v) is 8.71. The van der Waals surface area contributed by atoms with E-state index in [-0.39, 0.29) is 5.91 Å². The van der Waals surface area contributed by atoms with Gasteiger partial charge >= 0.3 is 0 Å². The van der Waals surface area contributed by atoms with E-state index in [0.29, 0.717) is 0 Å². The third kappa shape index (κ3) is 3.17. The zero-order valence-electron chi connectivity index (χ0n) is 14.7. The number of hydrogen-bond acceptors (Lipinski definition) is 3. The number of benzene rings is 1. The molecule has 0 saturated carbocycles. The van der Waals surface area contributed by atoms with Gasteiger partial charge in [0.1, 0.15) is 11.5 Å². The SMILES string of the molecule is Cc1cc(C)c(C(=O)N2CCN(Cc3nc4ccccc4[nH]3)CC2)[nH]1. The second-order valence-corrected chi connectivity index (χ2v) is 6.78. The number of nitrogens with one attached hydrogen (secondary N) is 2. The summed E-state index contributed by atoms with van der Waals surface area (Å²) in [5.41, 5.74) is 4.85. The van der Waals surface area contributed by atoms with Gasteiger partial charge in [-0.1, -0.05) is 12.1 Å². The second-order valence-electron chi connectivity index (χ2n) is 6.78. The number of H-pyrrole nitrogens is 2. The Kier molecular flexibility index (Phi) is 4.05. The molecule has 1 fully saturated rings. The van der Waals surface area contributed by atoms with Crippen LogP contribution in [0.1, 0.15) is 27.6 Å². The third-order valence-corrected chi connectivity index (χ3v) is 4.83. The number of fused-ring (bicyclic) bond motifs is 1. The lowest BCUT2D eigenvalue weighted by atomic mass is 10.2. The smallest absolute Gasteiger partial charge is 0.270 e. The van der Waals surface area contributed by atoms with Crippen LogP contribution in [0.15, 0.2) is 30.3 Å². The molecule has 0 unspecified atom stereocenters. The molecule has 0 atom stereocenters. The van der Waals surface area contributed by atoms with Crippen molar-refractivity contribution < 1.29 is 4.79 Å². The van der Waals surface area contributed by atoms with E-state index < -0.39 is 0 Å². The molecule has 0 bridgehead atoms. The van der Waals surface area contributed by atoms with Gasteiger partial charge in [0, 0.05) is 31.9 Å². The van der Waals surface area contributed by atoms with Crippen molar-refractivity contribution in [1.82, 2.24) is 24.8 Å². The number of rotatable bonds is 3. The molecular formula is C19H23N5O. The van der Waals surface area contributed by atoms with Crippen LogP contribution in [0, 0.1) is 13.8 Å². The first-order valence-electron chi connectivity index (χ1n) is 8.71. The van der Waals surface area contributed by atoms with Crippen LogP contribution in [0.4, 0.5) is 0 Å². The van der Waals surface area contributed by atoms with Gasteiger partial charge in [0.2, 0.25) is 0 Å². The Hall–Kier alpha value is -2.60. The molecule has 6 nitrogen and oxygen atoms in total. The lowest BCUT2D eigenvalue weighted by molar-refractivity contribution is 0.0620. The van der Waals surface area contributed by atoms with Crippen LogP contribution >= 0.6 is 0 Å².